The van der Waals surface area contributed by atoms with E-state index in [2.05, 4.69) is 0 Å². The van der Waals surface area contributed by atoms with Gasteiger partial charge in [-0.1, -0.05) is 29.8 Å². The van der Waals surface area contributed by atoms with Crippen molar-refractivity contribution in [1.29, 1.82) is 0 Å². The van der Waals surface area contributed by atoms with Crippen molar-refractivity contribution in [3.63, 3.8) is 0 Å². The fourth-order valence-corrected chi connectivity index (χ4v) is 4.16. The molecule has 1 aliphatic rings. The van der Waals surface area contributed by atoms with Gasteiger partial charge in [-0.25, -0.2) is 0 Å². The van der Waals surface area contributed by atoms with Crippen LogP contribution in [0.5, 0.6) is 0 Å². The Morgan fingerprint density at radius 3 is 2.66 bits per heavy atom. The molecule has 2 aromatic rings. The molecule has 0 saturated carbocycles. The van der Waals surface area contributed by atoms with Crippen molar-refractivity contribution in [2.75, 3.05) is 19.7 Å². The van der Waals surface area contributed by atoms with Gasteiger partial charge in [-0.3, -0.25) is 14.4 Å². The summed E-state index contributed by atoms with van der Waals surface area (Å²) in [4.78, 5) is 42.3. The van der Waals surface area contributed by atoms with Gasteiger partial charge in [0.25, 0.3) is 0 Å². The molecule has 1 aromatic carbocycles. The summed E-state index contributed by atoms with van der Waals surface area (Å²) in [7, 11) is 0. The summed E-state index contributed by atoms with van der Waals surface area (Å²) in [5.41, 5.74) is 0.873. The number of hydrogen-bond donors (Lipinski definition) is 0. The molecule has 1 unspecified atom stereocenters. The van der Waals surface area contributed by atoms with Gasteiger partial charge in [0.15, 0.2) is 0 Å². The predicted molar refractivity (Wildman–Crippen MR) is 112 cm³/mol. The summed E-state index contributed by atoms with van der Waals surface area (Å²) in [5.74, 6) is -0.878. The minimum absolute atomic E-state index is 0.00870. The van der Waals surface area contributed by atoms with Crippen molar-refractivity contribution < 1.29 is 19.1 Å². The van der Waals surface area contributed by atoms with Crippen LogP contribution in [0.4, 0.5) is 0 Å². The van der Waals surface area contributed by atoms with Gasteiger partial charge in [-0.2, -0.15) is 0 Å². The van der Waals surface area contributed by atoms with E-state index in [1.807, 2.05) is 29.6 Å². The Balaban J connectivity index is 1.76. The molecule has 29 heavy (non-hydrogen) atoms. The second kappa shape index (κ2) is 9.89. The summed E-state index contributed by atoms with van der Waals surface area (Å²) in [6, 6.07) is 10.2. The first-order valence-corrected chi connectivity index (χ1v) is 10.7. The molecule has 1 saturated heterocycles. The Kier molecular flexibility index (Phi) is 7.28. The Morgan fingerprint density at radius 2 is 2.00 bits per heavy atom. The number of halogens is 1. The van der Waals surface area contributed by atoms with Gasteiger partial charge in [0.1, 0.15) is 12.6 Å². The molecular weight excluding hydrogens is 412 g/mol. The van der Waals surface area contributed by atoms with Crippen LogP contribution in [0.3, 0.4) is 0 Å². The van der Waals surface area contributed by atoms with E-state index in [0.29, 0.717) is 24.5 Å². The first kappa shape index (κ1) is 21.3. The highest BCUT2D eigenvalue weighted by atomic mass is 35.5. The Labute approximate surface area is 179 Å². The molecule has 0 bridgehead atoms. The second-order valence-corrected chi connectivity index (χ2v) is 8.23. The number of carbonyl (C=O) groups is 3. The monoisotopic (exact) mass is 434 g/mol. The Morgan fingerprint density at radius 1 is 1.24 bits per heavy atom. The van der Waals surface area contributed by atoms with Crippen molar-refractivity contribution in [3.8, 4) is 0 Å². The quantitative estimate of drug-likeness (QED) is 0.598. The lowest BCUT2D eigenvalue weighted by molar-refractivity contribution is -0.160. The Hall–Kier alpha value is -2.38. The zero-order valence-corrected chi connectivity index (χ0v) is 17.7. The van der Waals surface area contributed by atoms with Crippen molar-refractivity contribution in [2.24, 2.45) is 0 Å². The van der Waals surface area contributed by atoms with E-state index in [-0.39, 0.29) is 31.4 Å². The van der Waals surface area contributed by atoms with Crippen LogP contribution < -0.4 is 0 Å². The molecule has 0 spiro atoms. The second-order valence-electron chi connectivity index (χ2n) is 6.76. The van der Waals surface area contributed by atoms with Crippen molar-refractivity contribution in [1.82, 2.24) is 9.80 Å². The van der Waals surface area contributed by atoms with Gasteiger partial charge >= 0.3 is 5.97 Å². The number of nitrogens with zero attached hydrogens (tertiary/aromatic N) is 2. The molecule has 1 fully saturated rings. The lowest BCUT2D eigenvalue weighted by atomic mass is 10.0. The maximum atomic E-state index is 13.2. The minimum atomic E-state index is -0.845. The maximum absolute atomic E-state index is 13.2. The number of piperazine rings is 1. The van der Waals surface area contributed by atoms with Crippen molar-refractivity contribution in [2.45, 2.75) is 32.4 Å². The van der Waals surface area contributed by atoms with Crippen LogP contribution in [0.25, 0.3) is 0 Å². The fourth-order valence-electron chi connectivity index (χ4n) is 3.34. The third-order valence-corrected chi connectivity index (χ3v) is 5.94. The largest absolute Gasteiger partial charge is 0.466 e. The number of carbonyl (C=O) groups excluding carboxylic acids is 3. The zero-order chi connectivity index (χ0) is 20.8. The molecule has 3 rings (SSSR count). The SMILES string of the molecule is CCOC(=O)CC1C(=O)N(Cc2ccc(Cl)cc2)CC(=O)N1CCc1cccs1. The lowest BCUT2D eigenvalue weighted by Gasteiger charge is -2.40. The van der Waals surface area contributed by atoms with Crippen molar-refractivity contribution in [3.05, 3.63) is 57.2 Å². The summed E-state index contributed by atoms with van der Waals surface area (Å²) in [6.45, 7) is 2.62. The number of amides is 2. The fraction of sp³-hybridized carbons (Fsp3) is 0.381. The van der Waals surface area contributed by atoms with E-state index >= 15 is 0 Å². The molecule has 1 atom stereocenters. The first-order valence-electron chi connectivity index (χ1n) is 9.48. The molecule has 1 aromatic heterocycles. The molecule has 6 nitrogen and oxygen atoms in total. The summed E-state index contributed by atoms with van der Waals surface area (Å²) < 4.78 is 5.03. The zero-order valence-electron chi connectivity index (χ0n) is 16.2. The lowest BCUT2D eigenvalue weighted by Crippen LogP contribution is -2.60. The van der Waals surface area contributed by atoms with Gasteiger partial charge in [-0.05, 0) is 42.5 Å². The number of benzene rings is 1. The molecule has 0 radical (unpaired) electrons. The number of hydrogen-bond acceptors (Lipinski definition) is 5. The van der Waals surface area contributed by atoms with Crippen LogP contribution in [0, 0.1) is 0 Å². The number of thiophene rings is 1. The summed E-state index contributed by atoms with van der Waals surface area (Å²) >= 11 is 7.53. The number of ether oxygens (including phenoxy) is 1. The summed E-state index contributed by atoms with van der Waals surface area (Å²) in [6.07, 6.45) is 0.507. The Bertz CT molecular complexity index is 854. The molecular formula is C21H23ClN2O4S. The smallest absolute Gasteiger partial charge is 0.308 e. The molecule has 8 heteroatoms. The molecule has 2 heterocycles. The first-order chi connectivity index (χ1) is 14.0. The van der Waals surface area contributed by atoms with Crippen LogP contribution in [-0.4, -0.2) is 53.3 Å². The molecule has 1 aliphatic heterocycles. The van der Waals surface area contributed by atoms with E-state index in [0.717, 1.165) is 10.4 Å². The molecule has 0 N–H and O–H groups in total. The highest BCUT2D eigenvalue weighted by Crippen LogP contribution is 2.21. The normalized spacial score (nSPS) is 17.0. The van der Waals surface area contributed by atoms with Gasteiger partial charge in [-0.15, -0.1) is 11.3 Å². The molecule has 154 valence electrons. The molecule has 0 aliphatic carbocycles. The summed E-state index contributed by atoms with van der Waals surface area (Å²) in [5, 5.41) is 2.58. The third kappa shape index (κ3) is 5.58. The van der Waals surface area contributed by atoms with Crippen LogP contribution in [0.2, 0.25) is 5.02 Å². The van der Waals surface area contributed by atoms with E-state index in [1.54, 1.807) is 30.4 Å². The predicted octanol–water partition coefficient (Wildman–Crippen LogP) is 3.14. The van der Waals surface area contributed by atoms with E-state index in [1.165, 1.54) is 9.80 Å². The topological polar surface area (TPSA) is 66.9 Å². The van der Waals surface area contributed by atoms with Crippen LogP contribution >= 0.6 is 22.9 Å². The van der Waals surface area contributed by atoms with Crippen molar-refractivity contribution >= 4 is 40.7 Å². The van der Waals surface area contributed by atoms with E-state index in [4.69, 9.17) is 16.3 Å². The minimum Gasteiger partial charge on any atom is -0.466 e. The van der Waals surface area contributed by atoms with Gasteiger partial charge in [0.2, 0.25) is 11.8 Å². The molecule has 2 amide bonds. The third-order valence-electron chi connectivity index (χ3n) is 4.75. The number of rotatable bonds is 8. The standard InChI is InChI=1S/C21H23ClN2O4S/c1-2-28-20(26)12-18-21(27)23(13-15-5-7-16(22)8-6-15)14-19(25)24(18)10-9-17-4-3-11-29-17/h3-8,11,18H,2,9-10,12-14H2,1H3. The maximum Gasteiger partial charge on any atom is 0.308 e. The van der Waals surface area contributed by atoms with Gasteiger partial charge in [0, 0.05) is 23.0 Å². The van der Waals surface area contributed by atoms with E-state index < -0.39 is 12.0 Å². The average Bonchev–Trinajstić information content (AvgIpc) is 3.21. The van der Waals surface area contributed by atoms with Gasteiger partial charge < -0.3 is 14.5 Å². The number of esters is 1. The van der Waals surface area contributed by atoms with Crippen LogP contribution in [0.1, 0.15) is 23.8 Å². The van der Waals surface area contributed by atoms with Crippen LogP contribution in [-0.2, 0) is 32.1 Å². The highest BCUT2D eigenvalue weighted by Gasteiger charge is 2.40. The van der Waals surface area contributed by atoms with Gasteiger partial charge in [0.05, 0.1) is 13.0 Å². The van der Waals surface area contributed by atoms with Crippen LogP contribution in [0.15, 0.2) is 41.8 Å². The van der Waals surface area contributed by atoms with E-state index in [9.17, 15) is 14.4 Å². The average molecular weight is 435 g/mol. The highest BCUT2D eigenvalue weighted by molar-refractivity contribution is 7.09.